The molecule has 0 aromatic heterocycles. The van der Waals surface area contributed by atoms with Crippen LogP contribution in [0, 0.1) is 0 Å². The summed E-state index contributed by atoms with van der Waals surface area (Å²) < 4.78 is 11.0. The Kier molecular flexibility index (Phi) is 2.15. The van der Waals surface area contributed by atoms with Crippen LogP contribution in [0.4, 0.5) is 0 Å². The van der Waals surface area contributed by atoms with Gasteiger partial charge in [0.2, 0.25) is 5.91 Å². The predicted octanol–water partition coefficient (Wildman–Crippen LogP) is -0.931. The fourth-order valence-electron chi connectivity index (χ4n) is 1.50. The van der Waals surface area contributed by atoms with Crippen LogP contribution in [0.15, 0.2) is 0 Å². The minimum Gasteiger partial charge on any atom is -0.339 e. The predicted molar refractivity (Wildman–Crippen MR) is 50.6 cm³/mol. The Morgan fingerprint density at radius 2 is 1.85 bits per heavy atom. The third-order valence-electron chi connectivity index (χ3n) is 2.68. The summed E-state index contributed by atoms with van der Waals surface area (Å²) in [6.07, 6.45) is 1.62. The first-order chi connectivity index (χ1) is 6.12. The van der Waals surface area contributed by atoms with Crippen LogP contribution in [0.5, 0.6) is 0 Å². The van der Waals surface area contributed by atoms with E-state index in [1.54, 1.807) is 4.90 Å². The van der Waals surface area contributed by atoms with Crippen LogP contribution in [0.1, 0.15) is 12.8 Å². The lowest BCUT2D eigenvalue weighted by atomic mass is 10.2. The maximum Gasteiger partial charge on any atom is 0.242 e. The van der Waals surface area contributed by atoms with Crippen LogP contribution in [0.25, 0.3) is 0 Å². The summed E-state index contributed by atoms with van der Waals surface area (Å²) >= 11 is 0. The van der Waals surface area contributed by atoms with Crippen molar-refractivity contribution in [1.82, 2.24) is 4.90 Å². The van der Waals surface area contributed by atoms with Gasteiger partial charge in [-0.3, -0.25) is 9.00 Å². The molecular formula is C8H14N2O2S. The van der Waals surface area contributed by atoms with Crippen LogP contribution in [-0.2, 0) is 15.6 Å². The zero-order valence-corrected chi connectivity index (χ0v) is 8.31. The highest BCUT2D eigenvalue weighted by molar-refractivity contribution is 7.85. The van der Waals surface area contributed by atoms with Gasteiger partial charge in [-0.25, -0.2) is 0 Å². The molecule has 13 heavy (non-hydrogen) atoms. The zero-order chi connectivity index (χ0) is 9.47. The minimum atomic E-state index is -0.719. The van der Waals surface area contributed by atoms with E-state index in [1.165, 1.54) is 0 Å². The van der Waals surface area contributed by atoms with Crippen molar-refractivity contribution in [3.05, 3.63) is 0 Å². The summed E-state index contributed by atoms with van der Waals surface area (Å²) in [5.41, 5.74) is 5.23. The number of nitrogens with two attached hydrogens (primary N) is 1. The second-order valence-corrected chi connectivity index (χ2v) is 5.49. The Labute approximate surface area is 79.9 Å². The van der Waals surface area contributed by atoms with Gasteiger partial charge < -0.3 is 10.6 Å². The van der Waals surface area contributed by atoms with Gasteiger partial charge in [-0.05, 0) is 12.8 Å². The molecule has 74 valence electrons. The number of amides is 1. The molecule has 4 nitrogen and oxygen atoms in total. The minimum absolute atomic E-state index is 0.0594. The first kappa shape index (κ1) is 9.15. The number of carbonyl (C=O) groups is 1. The van der Waals surface area contributed by atoms with Crippen molar-refractivity contribution in [2.75, 3.05) is 24.6 Å². The smallest absolute Gasteiger partial charge is 0.242 e. The molecule has 0 atom stereocenters. The van der Waals surface area contributed by atoms with Crippen LogP contribution in [-0.4, -0.2) is 45.2 Å². The van der Waals surface area contributed by atoms with E-state index in [9.17, 15) is 9.00 Å². The Hall–Kier alpha value is -0.420. The second kappa shape index (κ2) is 3.06. The van der Waals surface area contributed by atoms with Gasteiger partial charge in [0.05, 0.1) is 5.54 Å². The molecule has 1 saturated carbocycles. The summed E-state index contributed by atoms with van der Waals surface area (Å²) in [5, 5.41) is 0. The summed E-state index contributed by atoms with van der Waals surface area (Å²) in [5.74, 6) is 1.29. The van der Waals surface area contributed by atoms with E-state index >= 15 is 0 Å². The van der Waals surface area contributed by atoms with Gasteiger partial charge in [0, 0.05) is 35.4 Å². The van der Waals surface area contributed by atoms with E-state index in [1.807, 2.05) is 0 Å². The number of rotatable bonds is 1. The largest absolute Gasteiger partial charge is 0.339 e. The molecule has 1 amide bonds. The number of nitrogens with zero attached hydrogens (tertiary/aromatic N) is 1. The Morgan fingerprint density at radius 1 is 1.31 bits per heavy atom. The van der Waals surface area contributed by atoms with Gasteiger partial charge in [0.1, 0.15) is 0 Å². The van der Waals surface area contributed by atoms with Crippen molar-refractivity contribution in [1.29, 1.82) is 0 Å². The van der Waals surface area contributed by atoms with Crippen LogP contribution < -0.4 is 5.73 Å². The van der Waals surface area contributed by atoms with Crippen molar-refractivity contribution in [3.63, 3.8) is 0 Å². The summed E-state index contributed by atoms with van der Waals surface area (Å²) in [6.45, 7) is 1.23. The monoisotopic (exact) mass is 202 g/mol. The molecule has 0 unspecified atom stereocenters. The van der Waals surface area contributed by atoms with Gasteiger partial charge in [0.15, 0.2) is 0 Å². The van der Waals surface area contributed by atoms with Crippen molar-refractivity contribution in [3.8, 4) is 0 Å². The lowest BCUT2D eigenvalue weighted by Crippen LogP contribution is -2.50. The third-order valence-corrected chi connectivity index (χ3v) is 3.96. The van der Waals surface area contributed by atoms with E-state index in [-0.39, 0.29) is 5.91 Å². The molecule has 1 saturated heterocycles. The fourth-order valence-corrected chi connectivity index (χ4v) is 2.56. The third kappa shape index (κ3) is 1.76. The molecule has 5 heteroatoms. The maximum absolute atomic E-state index is 11.7. The molecule has 0 spiro atoms. The summed E-state index contributed by atoms with van der Waals surface area (Å²) in [7, 11) is -0.719. The average molecular weight is 202 g/mol. The molecule has 1 heterocycles. The molecule has 0 bridgehead atoms. The van der Waals surface area contributed by atoms with Gasteiger partial charge in [-0.15, -0.1) is 0 Å². The molecule has 1 aliphatic carbocycles. The molecule has 2 aliphatic rings. The van der Waals surface area contributed by atoms with Crippen LogP contribution >= 0.6 is 0 Å². The van der Waals surface area contributed by atoms with Gasteiger partial charge in [0.25, 0.3) is 0 Å². The Balaban J connectivity index is 1.94. The highest BCUT2D eigenvalue weighted by atomic mass is 32.2. The SMILES string of the molecule is NC1(C(=O)N2CCS(=O)CC2)CC1. The number of hydrogen-bond acceptors (Lipinski definition) is 3. The van der Waals surface area contributed by atoms with Crippen LogP contribution in [0.2, 0.25) is 0 Å². The van der Waals surface area contributed by atoms with E-state index in [2.05, 4.69) is 0 Å². The first-order valence-electron chi connectivity index (χ1n) is 4.55. The number of hydrogen-bond donors (Lipinski definition) is 1. The van der Waals surface area contributed by atoms with Crippen molar-refractivity contribution in [2.24, 2.45) is 5.73 Å². The molecule has 0 radical (unpaired) electrons. The van der Waals surface area contributed by atoms with E-state index in [0.29, 0.717) is 24.6 Å². The van der Waals surface area contributed by atoms with Gasteiger partial charge in [-0.1, -0.05) is 0 Å². The molecular weight excluding hydrogens is 188 g/mol. The average Bonchev–Trinajstić information content (AvgIpc) is 2.85. The highest BCUT2D eigenvalue weighted by Crippen LogP contribution is 2.34. The van der Waals surface area contributed by atoms with Gasteiger partial charge >= 0.3 is 0 Å². The lowest BCUT2D eigenvalue weighted by Gasteiger charge is -2.28. The topological polar surface area (TPSA) is 63.4 Å². The molecule has 2 fully saturated rings. The zero-order valence-electron chi connectivity index (χ0n) is 7.49. The highest BCUT2D eigenvalue weighted by Gasteiger charge is 2.48. The lowest BCUT2D eigenvalue weighted by molar-refractivity contribution is -0.133. The van der Waals surface area contributed by atoms with Crippen LogP contribution in [0.3, 0.4) is 0 Å². The maximum atomic E-state index is 11.7. The quantitative estimate of drug-likeness (QED) is 0.597. The molecule has 2 N–H and O–H groups in total. The van der Waals surface area contributed by atoms with E-state index in [0.717, 1.165) is 12.8 Å². The Bertz CT molecular complexity index is 253. The van der Waals surface area contributed by atoms with E-state index in [4.69, 9.17) is 5.73 Å². The van der Waals surface area contributed by atoms with Gasteiger partial charge in [-0.2, -0.15) is 0 Å². The second-order valence-electron chi connectivity index (χ2n) is 3.80. The Morgan fingerprint density at radius 3 is 2.31 bits per heavy atom. The summed E-state index contributed by atoms with van der Waals surface area (Å²) in [4.78, 5) is 13.4. The molecule has 2 rings (SSSR count). The fraction of sp³-hybridized carbons (Fsp3) is 0.875. The molecule has 0 aromatic carbocycles. The molecule has 0 aromatic rings. The van der Waals surface area contributed by atoms with Crippen molar-refractivity contribution < 1.29 is 9.00 Å². The standard InChI is InChI=1S/C8H14N2O2S/c9-8(1-2-8)7(11)10-3-5-13(12)6-4-10/h1-6,9H2. The normalized spacial score (nSPS) is 27.3. The number of carbonyl (C=O) groups excluding carboxylic acids is 1. The van der Waals surface area contributed by atoms with Crippen molar-refractivity contribution >= 4 is 16.7 Å². The molecule has 1 aliphatic heterocycles. The summed E-state index contributed by atoms with van der Waals surface area (Å²) in [6, 6.07) is 0. The first-order valence-corrected chi connectivity index (χ1v) is 6.04. The van der Waals surface area contributed by atoms with E-state index < -0.39 is 16.3 Å². The van der Waals surface area contributed by atoms with Crippen molar-refractivity contribution in [2.45, 2.75) is 18.4 Å².